The van der Waals surface area contributed by atoms with E-state index in [1.54, 1.807) is 46.7 Å². The Bertz CT molecular complexity index is 356. The Morgan fingerprint density at radius 2 is 2.38 bits per heavy atom. The van der Waals surface area contributed by atoms with E-state index >= 15 is 0 Å². The molecule has 1 atom stereocenters. The van der Waals surface area contributed by atoms with Crippen molar-refractivity contribution in [1.29, 1.82) is 5.41 Å². The lowest BCUT2D eigenvalue weighted by atomic mass is 10.2. The Balaban J connectivity index is 2.68. The smallest absolute Gasteiger partial charge is 0.168 e. The van der Waals surface area contributed by atoms with Crippen LogP contribution in [0.15, 0.2) is 18.3 Å². The van der Waals surface area contributed by atoms with Gasteiger partial charge in [0.05, 0.1) is 12.4 Å². The quantitative estimate of drug-likeness (QED) is 0.296. The Labute approximate surface area is 113 Å². The molecule has 0 radical (unpaired) electrons. The van der Waals surface area contributed by atoms with Gasteiger partial charge in [0.15, 0.2) is 4.18 Å². The van der Waals surface area contributed by atoms with Gasteiger partial charge in [0.1, 0.15) is 5.15 Å². The fraction of sp³-hybridized carbons (Fsp3) is 0.400. The molecule has 0 aromatic carbocycles. The molecule has 1 heterocycles. The third-order valence-electron chi connectivity index (χ3n) is 1.99. The van der Waals surface area contributed by atoms with Crippen LogP contribution in [0.3, 0.4) is 0 Å². The molecule has 0 aliphatic heterocycles. The van der Waals surface area contributed by atoms with Crippen molar-refractivity contribution in [3.63, 3.8) is 0 Å². The number of pyridine rings is 1. The Morgan fingerprint density at radius 1 is 1.69 bits per heavy atom. The van der Waals surface area contributed by atoms with Gasteiger partial charge in [-0.1, -0.05) is 17.7 Å². The highest BCUT2D eigenvalue weighted by Gasteiger charge is 2.11. The molecule has 1 rings (SSSR count). The zero-order valence-corrected chi connectivity index (χ0v) is 11.7. The van der Waals surface area contributed by atoms with E-state index in [0.717, 1.165) is 5.56 Å². The molecule has 3 nitrogen and oxygen atoms in total. The van der Waals surface area contributed by atoms with E-state index in [1.807, 2.05) is 6.07 Å². The molecular weight excluding hydrogens is 343 g/mol. The molecule has 6 heteroatoms. The lowest BCUT2D eigenvalue weighted by Gasteiger charge is -2.23. The molecule has 0 amide bonds. The monoisotopic (exact) mass is 355 g/mol. The highest BCUT2D eigenvalue weighted by molar-refractivity contribution is 14.1. The van der Waals surface area contributed by atoms with E-state index in [0.29, 0.717) is 17.5 Å². The molecule has 0 fully saturated rings. The predicted molar refractivity (Wildman–Crippen MR) is 72.0 cm³/mol. The maximum atomic E-state index is 12.9. The number of rotatable bonds is 4. The van der Waals surface area contributed by atoms with Gasteiger partial charge in [0, 0.05) is 12.7 Å². The van der Waals surface area contributed by atoms with Crippen molar-refractivity contribution in [1.82, 2.24) is 9.88 Å². The molecule has 0 spiro atoms. The van der Waals surface area contributed by atoms with E-state index in [1.165, 1.54) is 0 Å². The van der Waals surface area contributed by atoms with Crippen molar-refractivity contribution in [2.75, 3.05) is 6.54 Å². The maximum Gasteiger partial charge on any atom is 0.168 e. The molecule has 1 N–H and O–H groups in total. The van der Waals surface area contributed by atoms with Crippen LogP contribution in [0.4, 0.5) is 4.39 Å². The molecule has 1 aromatic rings. The largest absolute Gasteiger partial charge is 0.353 e. The lowest BCUT2D eigenvalue weighted by Crippen LogP contribution is -2.31. The minimum absolute atomic E-state index is 0.207. The summed E-state index contributed by atoms with van der Waals surface area (Å²) >= 11 is 7.36. The van der Waals surface area contributed by atoms with Crippen LogP contribution in [0.25, 0.3) is 0 Å². The summed E-state index contributed by atoms with van der Waals surface area (Å²) in [4.78, 5) is 5.60. The fourth-order valence-corrected chi connectivity index (χ4v) is 1.79. The summed E-state index contributed by atoms with van der Waals surface area (Å²) < 4.78 is 11.9. The Kier molecular flexibility index (Phi) is 5.40. The van der Waals surface area contributed by atoms with Crippen molar-refractivity contribution < 1.29 is 4.39 Å². The van der Waals surface area contributed by atoms with Crippen LogP contribution in [0.5, 0.6) is 0 Å². The highest BCUT2D eigenvalue weighted by Crippen LogP contribution is 2.11. The SMILES string of the molecule is CC(=N)N(Cc1ccc(Cl)nc1)CC(F)I. The number of amidine groups is 1. The second kappa shape index (κ2) is 6.34. The van der Waals surface area contributed by atoms with Gasteiger partial charge in [-0.05, 0) is 41.1 Å². The Morgan fingerprint density at radius 3 is 2.81 bits per heavy atom. The molecule has 88 valence electrons. The third kappa shape index (κ3) is 4.61. The van der Waals surface area contributed by atoms with Crippen molar-refractivity contribution in [3.05, 3.63) is 29.0 Å². The number of nitrogens with one attached hydrogen (secondary N) is 1. The molecule has 0 saturated carbocycles. The normalized spacial score (nSPS) is 12.2. The molecule has 0 aliphatic rings. The summed E-state index contributed by atoms with van der Waals surface area (Å²) in [6, 6.07) is 3.51. The van der Waals surface area contributed by atoms with Gasteiger partial charge >= 0.3 is 0 Å². The first kappa shape index (κ1) is 13.6. The van der Waals surface area contributed by atoms with Crippen molar-refractivity contribution in [2.45, 2.75) is 17.6 Å². The number of hydrogen-bond acceptors (Lipinski definition) is 2. The van der Waals surface area contributed by atoms with Gasteiger partial charge in [-0.15, -0.1) is 0 Å². The maximum absolute atomic E-state index is 12.9. The van der Waals surface area contributed by atoms with E-state index in [4.69, 9.17) is 17.0 Å². The van der Waals surface area contributed by atoms with Gasteiger partial charge in [-0.2, -0.15) is 0 Å². The van der Waals surface area contributed by atoms with Gasteiger partial charge in [0.2, 0.25) is 0 Å². The third-order valence-corrected chi connectivity index (χ3v) is 2.61. The molecule has 0 bridgehead atoms. The van der Waals surface area contributed by atoms with Gasteiger partial charge in [-0.25, -0.2) is 9.37 Å². The second-order valence-corrected chi connectivity index (χ2v) is 5.09. The standard InChI is InChI=1S/C10H12ClFIN3/c1-7(14)16(6-10(12)13)5-8-2-3-9(11)15-4-8/h2-4,10,14H,5-6H2,1H3. The zero-order valence-electron chi connectivity index (χ0n) is 8.75. The summed E-state index contributed by atoms with van der Waals surface area (Å²) in [6.07, 6.45) is 1.64. The summed E-state index contributed by atoms with van der Waals surface area (Å²) in [5.74, 6) is 0.342. The predicted octanol–water partition coefficient (Wildman–Crippen LogP) is 3.26. The van der Waals surface area contributed by atoms with Crippen molar-refractivity contribution in [3.8, 4) is 0 Å². The van der Waals surface area contributed by atoms with Gasteiger partial charge < -0.3 is 4.90 Å². The molecular formula is C10H12ClFIN3. The molecule has 16 heavy (non-hydrogen) atoms. The van der Waals surface area contributed by atoms with Crippen LogP contribution in [-0.4, -0.2) is 26.4 Å². The van der Waals surface area contributed by atoms with E-state index in [2.05, 4.69) is 4.98 Å². The first-order valence-electron chi connectivity index (χ1n) is 4.67. The zero-order chi connectivity index (χ0) is 12.1. The molecule has 0 saturated heterocycles. The van der Waals surface area contributed by atoms with Gasteiger partial charge in [-0.3, -0.25) is 5.41 Å². The topological polar surface area (TPSA) is 40.0 Å². The summed E-state index contributed by atoms with van der Waals surface area (Å²) in [5, 5.41) is 7.98. The number of aromatic nitrogens is 1. The molecule has 1 unspecified atom stereocenters. The average molecular weight is 356 g/mol. The Hall–Kier alpha value is -0.430. The second-order valence-electron chi connectivity index (χ2n) is 3.35. The fourth-order valence-electron chi connectivity index (χ4n) is 1.21. The van der Waals surface area contributed by atoms with Crippen molar-refractivity contribution >= 4 is 40.0 Å². The lowest BCUT2D eigenvalue weighted by molar-refractivity contribution is 0.333. The number of nitrogens with zero attached hydrogens (tertiary/aromatic N) is 2. The minimum atomic E-state index is -0.988. The first-order chi connectivity index (χ1) is 7.49. The van der Waals surface area contributed by atoms with E-state index in [-0.39, 0.29) is 6.54 Å². The van der Waals surface area contributed by atoms with E-state index in [9.17, 15) is 4.39 Å². The number of alkyl halides is 2. The summed E-state index contributed by atoms with van der Waals surface area (Å²) in [7, 11) is 0. The number of hydrogen-bond donors (Lipinski definition) is 1. The average Bonchev–Trinajstić information content (AvgIpc) is 2.19. The number of halogens is 3. The van der Waals surface area contributed by atoms with Crippen LogP contribution < -0.4 is 0 Å². The molecule has 0 aliphatic carbocycles. The van der Waals surface area contributed by atoms with E-state index < -0.39 is 4.18 Å². The van der Waals surface area contributed by atoms with Crippen LogP contribution >= 0.6 is 34.2 Å². The van der Waals surface area contributed by atoms with Crippen LogP contribution in [0.1, 0.15) is 12.5 Å². The van der Waals surface area contributed by atoms with Gasteiger partial charge in [0.25, 0.3) is 0 Å². The minimum Gasteiger partial charge on any atom is -0.353 e. The summed E-state index contributed by atoms with van der Waals surface area (Å²) in [5.41, 5.74) is 0.910. The van der Waals surface area contributed by atoms with Crippen LogP contribution in [0, 0.1) is 5.41 Å². The van der Waals surface area contributed by atoms with Crippen LogP contribution in [-0.2, 0) is 6.54 Å². The van der Waals surface area contributed by atoms with Crippen molar-refractivity contribution in [2.24, 2.45) is 0 Å². The molecule has 1 aromatic heterocycles. The first-order valence-corrected chi connectivity index (χ1v) is 6.30. The summed E-state index contributed by atoms with van der Waals surface area (Å²) in [6.45, 7) is 2.32. The van der Waals surface area contributed by atoms with Crippen LogP contribution in [0.2, 0.25) is 5.15 Å². The highest BCUT2D eigenvalue weighted by atomic mass is 127.